The van der Waals surface area contributed by atoms with Gasteiger partial charge in [0.1, 0.15) is 6.04 Å². The Labute approximate surface area is 173 Å². The van der Waals surface area contributed by atoms with Crippen LogP contribution in [0.2, 0.25) is 0 Å². The van der Waals surface area contributed by atoms with E-state index in [0.29, 0.717) is 29.2 Å². The number of fused-ring (bicyclic) bond motifs is 1. The second-order valence-corrected chi connectivity index (χ2v) is 6.63. The number of nitrogens with two attached hydrogens (primary N) is 1. The maximum atomic E-state index is 12.9. The number of carbonyl (C=O) groups excluding carboxylic acids is 3. The molecule has 1 aliphatic heterocycles. The SMILES string of the molecule is CCOc1cc(C(CN2C(=O)c3[c]cccc3C2C(N)=O)C(=O)NO)ccc1OC. The number of carbonyl (C=O) groups is 3. The molecule has 9 heteroatoms. The molecule has 30 heavy (non-hydrogen) atoms. The number of benzene rings is 2. The van der Waals surface area contributed by atoms with Gasteiger partial charge in [0.2, 0.25) is 5.91 Å². The highest BCUT2D eigenvalue weighted by Gasteiger charge is 2.42. The number of hydrogen-bond acceptors (Lipinski definition) is 6. The van der Waals surface area contributed by atoms with Crippen LogP contribution in [0.15, 0.2) is 36.4 Å². The van der Waals surface area contributed by atoms with E-state index in [1.54, 1.807) is 48.8 Å². The first-order valence-electron chi connectivity index (χ1n) is 9.28. The van der Waals surface area contributed by atoms with Crippen LogP contribution in [0.5, 0.6) is 11.5 Å². The van der Waals surface area contributed by atoms with Crippen molar-refractivity contribution in [2.45, 2.75) is 18.9 Å². The number of hydroxylamine groups is 1. The molecule has 0 aliphatic carbocycles. The number of rotatable bonds is 8. The van der Waals surface area contributed by atoms with E-state index in [2.05, 4.69) is 6.07 Å². The molecule has 0 saturated carbocycles. The van der Waals surface area contributed by atoms with Crippen molar-refractivity contribution >= 4 is 17.7 Å². The number of nitrogens with one attached hydrogen (secondary N) is 1. The molecule has 0 spiro atoms. The summed E-state index contributed by atoms with van der Waals surface area (Å²) >= 11 is 0. The number of methoxy groups -OCH3 is 1. The first-order valence-corrected chi connectivity index (χ1v) is 9.28. The summed E-state index contributed by atoms with van der Waals surface area (Å²) in [6, 6.07) is 11.5. The molecule has 1 radical (unpaired) electrons. The smallest absolute Gasteiger partial charge is 0.255 e. The molecule has 9 nitrogen and oxygen atoms in total. The fourth-order valence-electron chi connectivity index (χ4n) is 3.58. The van der Waals surface area contributed by atoms with E-state index >= 15 is 0 Å². The lowest BCUT2D eigenvalue weighted by Crippen LogP contribution is -2.42. The Kier molecular flexibility index (Phi) is 6.22. The molecule has 2 unspecified atom stereocenters. The highest BCUT2D eigenvalue weighted by Crippen LogP contribution is 2.36. The molecule has 2 aromatic rings. The van der Waals surface area contributed by atoms with Gasteiger partial charge in [0, 0.05) is 6.54 Å². The summed E-state index contributed by atoms with van der Waals surface area (Å²) in [6.07, 6.45) is 0. The van der Waals surface area contributed by atoms with Crippen molar-refractivity contribution in [2.24, 2.45) is 5.73 Å². The van der Waals surface area contributed by atoms with E-state index in [-0.39, 0.29) is 12.1 Å². The van der Waals surface area contributed by atoms with Gasteiger partial charge in [0.05, 0.1) is 25.2 Å². The van der Waals surface area contributed by atoms with Crippen LogP contribution >= 0.6 is 0 Å². The highest BCUT2D eigenvalue weighted by molar-refractivity contribution is 6.04. The fraction of sp³-hybridized carbons (Fsp3) is 0.286. The molecule has 0 fully saturated rings. The van der Waals surface area contributed by atoms with Crippen LogP contribution in [-0.4, -0.2) is 48.1 Å². The molecule has 1 aliphatic rings. The van der Waals surface area contributed by atoms with Crippen LogP contribution in [0.3, 0.4) is 0 Å². The maximum Gasteiger partial charge on any atom is 0.255 e. The largest absolute Gasteiger partial charge is 0.493 e. The Morgan fingerprint density at radius 3 is 2.73 bits per heavy atom. The zero-order valence-electron chi connectivity index (χ0n) is 16.5. The molecule has 3 amide bonds. The van der Waals surface area contributed by atoms with Crippen molar-refractivity contribution in [1.29, 1.82) is 0 Å². The predicted octanol–water partition coefficient (Wildman–Crippen LogP) is 1.17. The van der Waals surface area contributed by atoms with Gasteiger partial charge in [0.25, 0.3) is 11.8 Å². The number of hydrogen-bond donors (Lipinski definition) is 3. The second-order valence-electron chi connectivity index (χ2n) is 6.63. The lowest BCUT2D eigenvalue weighted by atomic mass is 9.96. The fourth-order valence-corrected chi connectivity index (χ4v) is 3.58. The normalized spacial score (nSPS) is 16.0. The zero-order chi connectivity index (χ0) is 21.8. The Morgan fingerprint density at radius 1 is 1.33 bits per heavy atom. The van der Waals surface area contributed by atoms with Crippen LogP contribution in [-0.2, 0) is 9.59 Å². The monoisotopic (exact) mass is 412 g/mol. The van der Waals surface area contributed by atoms with Gasteiger partial charge < -0.3 is 20.1 Å². The van der Waals surface area contributed by atoms with E-state index in [0.717, 1.165) is 0 Å². The van der Waals surface area contributed by atoms with Crippen molar-refractivity contribution < 1.29 is 29.1 Å². The molecule has 0 aromatic heterocycles. The van der Waals surface area contributed by atoms with Crippen molar-refractivity contribution in [3.05, 3.63) is 59.2 Å². The number of primary amides is 1. The van der Waals surface area contributed by atoms with Crippen molar-refractivity contribution in [1.82, 2.24) is 10.4 Å². The van der Waals surface area contributed by atoms with Gasteiger partial charge in [-0.15, -0.1) is 0 Å². The van der Waals surface area contributed by atoms with Crippen molar-refractivity contribution in [3.63, 3.8) is 0 Å². The van der Waals surface area contributed by atoms with Gasteiger partial charge in [0.15, 0.2) is 11.5 Å². The highest BCUT2D eigenvalue weighted by atomic mass is 16.5. The molecular weight excluding hydrogens is 390 g/mol. The van der Waals surface area contributed by atoms with Crippen molar-refractivity contribution in [3.8, 4) is 11.5 Å². The molecule has 157 valence electrons. The van der Waals surface area contributed by atoms with Crippen LogP contribution < -0.4 is 20.7 Å². The Hall–Kier alpha value is -3.59. The minimum absolute atomic E-state index is 0.195. The summed E-state index contributed by atoms with van der Waals surface area (Å²) in [5.41, 5.74) is 8.31. The summed E-state index contributed by atoms with van der Waals surface area (Å²) < 4.78 is 10.8. The van der Waals surface area contributed by atoms with Crippen LogP contribution in [0, 0.1) is 6.07 Å². The van der Waals surface area contributed by atoms with Gasteiger partial charge in [-0.3, -0.25) is 19.6 Å². The van der Waals surface area contributed by atoms with Crippen LogP contribution in [0.1, 0.15) is 40.4 Å². The lowest BCUT2D eigenvalue weighted by molar-refractivity contribution is -0.132. The van der Waals surface area contributed by atoms with Crippen LogP contribution in [0.25, 0.3) is 0 Å². The molecule has 1 heterocycles. The quantitative estimate of drug-likeness (QED) is 0.441. The standard InChI is InChI=1S/C21H22N3O6/c1-3-30-17-10-12(8-9-16(17)29-2)15(20(26)23-28)11-24-18(19(22)25)13-6-4-5-7-14(13)21(24)27/h4-6,8-10,15,18,28H,3,11H2,1-2H3,(H2,22,25)(H,23,26). The van der Waals surface area contributed by atoms with Gasteiger partial charge in [-0.25, -0.2) is 5.48 Å². The molecule has 3 rings (SSSR count). The Morgan fingerprint density at radius 2 is 2.10 bits per heavy atom. The second kappa shape index (κ2) is 8.83. The van der Waals surface area contributed by atoms with E-state index in [4.69, 9.17) is 15.2 Å². The third-order valence-corrected chi connectivity index (χ3v) is 4.93. The summed E-state index contributed by atoms with van der Waals surface area (Å²) in [6.45, 7) is 1.98. The maximum absolute atomic E-state index is 12.9. The minimum atomic E-state index is -1.04. The van der Waals surface area contributed by atoms with E-state index < -0.39 is 29.7 Å². The van der Waals surface area contributed by atoms with E-state index in [1.165, 1.54) is 12.0 Å². The molecule has 4 N–H and O–H groups in total. The average molecular weight is 412 g/mol. The molecule has 2 atom stereocenters. The average Bonchev–Trinajstić information content (AvgIpc) is 3.03. The summed E-state index contributed by atoms with van der Waals surface area (Å²) in [7, 11) is 1.49. The van der Waals surface area contributed by atoms with Gasteiger partial charge in [-0.2, -0.15) is 0 Å². The van der Waals surface area contributed by atoms with Gasteiger partial charge in [-0.05, 0) is 36.2 Å². The number of ether oxygens (including phenoxy) is 2. The third kappa shape index (κ3) is 3.79. The summed E-state index contributed by atoms with van der Waals surface area (Å²) in [5.74, 6) is -2.07. The number of amides is 3. The lowest BCUT2D eigenvalue weighted by Gasteiger charge is -2.27. The van der Waals surface area contributed by atoms with E-state index in [9.17, 15) is 19.6 Å². The topological polar surface area (TPSA) is 131 Å². The summed E-state index contributed by atoms with van der Waals surface area (Å²) in [4.78, 5) is 38.7. The first kappa shape index (κ1) is 21.1. The van der Waals surface area contributed by atoms with Crippen molar-refractivity contribution in [2.75, 3.05) is 20.3 Å². The molecule has 0 bridgehead atoms. The van der Waals surface area contributed by atoms with E-state index in [1.807, 2.05) is 0 Å². The molecular formula is C21H22N3O6. The first-order chi connectivity index (χ1) is 14.4. The Bertz CT molecular complexity index is 977. The minimum Gasteiger partial charge on any atom is -0.493 e. The van der Waals surface area contributed by atoms with Gasteiger partial charge in [-0.1, -0.05) is 24.3 Å². The molecule has 2 aromatic carbocycles. The third-order valence-electron chi connectivity index (χ3n) is 4.93. The predicted molar refractivity (Wildman–Crippen MR) is 105 cm³/mol. The summed E-state index contributed by atoms with van der Waals surface area (Å²) in [5, 5.41) is 9.27. The van der Waals surface area contributed by atoms with Crippen LogP contribution in [0.4, 0.5) is 0 Å². The zero-order valence-corrected chi connectivity index (χ0v) is 16.5. The van der Waals surface area contributed by atoms with Gasteiger partial charge >= 0.3 is 0 Å². The Balaban J connectivity index is 2.00. The number of nitrogens with zero attached hydrogens (tertiary/aromatic N) is 1. The molecule has 0 saturated heterocycles.